The molecule has 0 spiro atoms. The third kappa shape index (κ3) is 2.64. The average molecular weight is 195 g/mol. The quantitative estimate of drug-likeness (QED) is 0.686. The van der Waals surface area contributed by atoms with Crippen LogP contribution in [0.4, 0.5) is 0 Å². The molecule has 0 aliphatic rings. The van der Waals surface area contributed by atoms with Crippen LogP contribution in [0.5, 0.6) is 11.5 Å². The topological polar surface area (TPSA) is 21.7 Å². The monoisotopic (exact) mass is 195 g/mol. The summed E-state index contributed by atoms with van der Waals surface area (Å²) >= 11 is 0. The van der Waals surface area contributed by atoms with Crippen LogP contribution in [0.25, 0.3) is 0 Å². The predicted molar refractivity (Wildman–Crippen MR) is 56.8 cm³/mol. The lowest BCUT2D eigenvalue weighted by Gasteiger charge is -2.22. The molecule has 0 bridgehead atoms. The maximum atomic E-state index is 5.70. The van der Waals surface area contributed by atoms with Crippen molar-refractivity contribution in [1.29, 1.82) is 0 Å². The Balaban J connectivity index is 2.75. The summed E-state index contributed by atoms with van der Waals surface area (Å²) in [4.78, 5) is 1.99. The summed E-state index contributed by atoms with van der Waals surface area (Å²) in [6.45, 7) is 1.99. The van der Waals surface area contributed by atoms with Gasteiger partial charge in [0.1, 0.15) is 6.23 Å². The Kier molecular flexibility index (Phi) is 3.77. The summed E-state index contributed by atoms with van der Waals surface area (Å²) in [6.07, 6.45) is 0.0336. The van der Waals surface area contributed by atoms with Crippen LogP contribution in [-0.2, 0) is 0 Å². The molecule has 0 heterocycles. The minimum Gasteiger partial charge on any atom is -0.493 e. The Bertz CT molecular complexity index is 286. The van der Waals surface area contributed by atoms with Gasteiger partial charge in [0.2, 0.25) is 0 Å². The van der Waals surface area contributed by atoms with Crippen molar-refractivity contribution in [3.63, 3.8) is 0 Å². The zero-order valence-electron chi connectivity index (χ0n) is 9.15. The molecule has 1 rings (SSSR count). The van der Waals surface area contributed by atoms with E-state index in [1.807, 2.05) is 50.2 Å². The molecule has 78 valence electrons. The third-order valence-electron chi connectivity index (χ3n) is 2.09. The lowest BCUT2D eigenvalue weighted by Crippen LogP contribution is -2.30. The summed E-state index contributed by atoms with van der Waals surface area (Å²) in [7, 11) is 5.59. The Hall–Kier alpha value is -1.22. The van der Waals surface area contributed by atoms with Crippen molar-refractivity contribution < 1.29 is 9.47 Å². The van der Waals surface area contributed by atoms with Crippen LogP contribution in [0.15, 0.2) is 24.3 Å². The summed E-state index contributed by atoms with van der Waals surface area (Å²) in [5.74, 6) is 1.54. The van der Waals surface area contributed by atoms with Gasteiger partial charge in [-0.25, -0.2) is 0 Å². The molecular formula is C11H17NO2. The summed E-state index contributed by atoms with van der Waals surface area (Å²) in [6, 6.07) is 7.64. The van der Waals surface area contributed by atoms with Gasteiger partial charge in [0.05, 0.1) is 7.11 Å². The SMILES string of the molecule is COc1ccccc1OC(C)N(C)C. The van der Waals surface area contributed by atoms with Gasteiger partial charge in [-0.3, -0.25) is 4.90 Å². The van der Waals surface area contributed by atoms with Gasteiger partial charge in [0.25, 0.3) is 0 Å². The van der Waals surface area contributed by atoms with E-state index in [1.54, 1.807) is 7.11 Å². The second-order valence-corrected chi connectivity index (χ2v) is 3.33. The van der Waals surface area contributed by atoms with Crippen molar-refractivity contribution in [2.45, 2.75) is 13.2 Å². The van der Waals surface area contributed by atoms with Crippen molar-refractivity contribution in [3.05, 3.63) is 24.3 Å². The van der Waals surface area contributed by atoms with Gasteiger partial charge in [-0.05, 0) is 33.2 Å². The highest BCUT2D eigenvalue weighted by Gasteiger charge is 2.09. The molecule has 1 aromatic carbocycles. The number of hydrogen-bond acceptors (Lipinski definition) is 3. The third-order valence-corrected chi connectivity index (χ3v) is 2.09. The van der Waals surface area contributed by atoms with E-state index in [2.05, 4.69) is 0 Å². The van der Waals surface area contributed by atoms with Gasteiger partial charge in [-0.1, -0.05) is 12.1 Å². The first-order valence-corrected chi connectivity index (χ1v) is 4.61. The first-order valence-electron chi connectivity index (χ1n) is 4.61. The Morgan fingerprint density at radius 1 is 1.14 bits per heavy atom. The van der Waals surface area contributed by atoms with Crippen LogP contribution in [0.1, 0.15) is 6.92 Å². The maximum Gasteiger partial charge on any atom is 0.163 e. The van der Waals surface area contributed by atoms with Gasteiger partial charge in [-0.2, -0.15) is 0 Å². The molecule has 0 saturated carbocycles. The first-order chi connectivity index (χ1) is 6.65. The highest BCUT2D eigenvalue weighted by molar-refractivity contribution is 5.39. The molecule has 14 heavy (non-hydrogen) atoms. The van der Waals surface area contributed by atoms with Crippen molar-refractivity contribution in [2.75, 3.05) is 21.2 Å². The molecule has 0 saturated heterocycles. The highest BCUT2D eigenvalue weighted by atomic mass is 16.5. The number of ether oxygens (including phenoxy) is 2. The van der Waals surface area contributed by atoms with Crippen molar-refractivity contribution >= 4 is 0 Å². The molecule has 0 aromatic heterocycles. The molecular weight excluding hydrogens is 178 g/mol. The van der Waals surface area contributed by atoms with E-state index >= 15 is 0 Å². The Labute approximate surface area is 85.2 Å². The maximum absolute atomic E-state index is 5.70. The van der Waals surface area contributed by atoms with E-state index in [1.165, 1.54) is 0 Å². The van der Waals surface area contributed by atoms with Gasteiger partial charge < -0.3 is 9.47 Å². The fourth-order valence-corrected chi connectivity index (χ4v) is 1.01. The molecule has 0 amide bonds. The van der Waals surface area contributed by atoms with Gasteiger partial charge in [0.15, 0.2) is 11.5 Å². The lowest BCUT2D eigenvalue weighted by molar-refractivity contribution is 0.0785. The molecule has 0 N–H and O–H groups in total. The minimum atomic E-state index is 0.0336. The van der Waals surface area contributed by atoms with Crippen LogP contribution in [-0.4, -0.2) is 32.3 Å². The summed E-state index contributed by atoms with van der Waals surface area (Å²) < 4.78 is 10.9. The lowest BCUT2D eigenvalue weighted by atomic mass is 10.3. The zero-order valence-corrected chi connectivity index (χ0v) is 9.15. The van der Waals surface area contributed by atoms with Gasteiger partial charge >= 0.3 is 0 Å². The zero-order chi connectivity index (χ0) is 10.6. The van der Waals surface area contributed by atoms with Crippen molar-refractivity contribution in [3.8, 4) is 11.5 Å². The molecule has 3 heteroatoms. The van der Waals surface area contributed by atoms with Crippen molar-refractivity contribution in [1.82, 2.24) is 4.90 Å². The van der Waals surface area contributed by atoms with Crippen LogP contribution >= 0.6 is 0 Å². The number of rotatable bonds is 4. The highest BCUT2D eigenvalue weighted by Crippen LogP contribution is 2.26. The number of methoxy groups -OCH3 is 1. The van der Waals surface area contributed by atoms with E-state index in [9.17, 15) is 0 Å². The molecule has 1 atom stereocenters. The number of hydrogen-bond donors (Lipinski definition) is 0. The van der Waals surface area contributed by atoms with E-state index in [0.29, 0.717) is 0 Å². The fraction of sp³-hybridized carbons (Fsp3) is 0.455. The van der Waals surface area contributed by atoms with Gasteiger partial charge in [0, 0.05) is 0 Å². The molecule has 1 aromatic rings. The van der Waals surface area contributed by atoms with Gasteiger partial charge in [-0.15, -0.1) is 0 Å². The standard InChI is InChI=1S/C11H17NO2/c1-9(12(2)3)14-11-8-6-5-7-10(11)13-4/h5-9H,1-4H3. The minimum absolute atomic E-state index is 0.0336. The largest absolute Gasteiger partial charge is 0.493 e. The van der Waals surface area contributed by atoms with E-state index in [-0.39, 0.29) is 6.23 Å². The van der Waals surface area contributed by atoms with Crippen LogP contribution in [0.3, 0.4) is 0 Å². The molecule has 0 aliphatic carbocycles. The Morgan fingerprint density at radius 3 is 2.21 bits per heavy atom. The molecule has 1 unspecified atom stereocenters. The Morgan fingerprint density at radius 2 is 1.71 bits per heavy atom. The fourth-order valence-electron chi connectivity index (χ4n) is 1.01. The van der Waals surface area contributed by atoms with Crippen molar-refractivity contribution in [2.24, 2.45) is 0 Å². The molecule has 3 nitrogen and oxygen atoms in total. The summed E-state index contributed by atoms with van der Waals surface area (Å²) in [5, 5.41) is 0. The van der Waals surface area contributed by atoms with E-state index in [4.69, 9.17) is 9.47 Å². The van der Waals surface area contributed by atoms with Crippen LogP contribution in [0.2, 0.25) is 0 Å². The second-order valence-electron chi connectivity index (χ2n) is 3.33. The summed E-state index contributed by atoms with van der Waals surface area (Å²) in [5.41, 5.74) is 0. The van der Waals surface area contributed by atoms with Crippen LogP contribution in [0, 0.1) is 0 Å². The number of para-hydroxylation sites is 2. The molecule has 0 fully saturated rings. The van der Waals surface area contributed by atoms with Crippen LogP contribution < -0.4 is 9.47 Å². The number of nitrogens with zero attached hydrogens (tertiary/aromatic N) is 1. The van der Waals surface area contributed by atoms with E-state index < -0.39 is 0 Å². The molecule has 0 radical (unpaired) electrons. The molecule has 0 aliphatic heterocycles. The first kappa shape index (κ1) is 10.9. The second kappa shape index (κ2) is 4.86. The smallest absolute Gasteiger partial charge is 0.163 e. The normalized spacial score (nSPS) is 12.6. The number of benzene rings is 1. The van der Waals surface area contributed by atoms with E-state index in [0.717, 1.165) is 11.5 Å². The average Bonchev–Trinajstić information content (AvgIpc) is 2.18. The predicted octanol–water partition coefficient (Wildman–Crippen LogP) is 1.98.